The molecule has 0 unspecified atom stereocenters. The Morgan fingerprint density at radius 2 is 1.96 bits per heavy atom. The first-order chi connectivity index (χ1) is 12.7. The van der Waals surface area contributed by atoms with Crippen molar-refractivity contribution in [2.24, 2.45) is 0 Å². The minimum absolute atomic E-state index is 0.312. The maximum Gasteiger partial charge on any atom is 0.305 e. The number of nitrogens with zero attached hydrogens (tertiary/aromatic N) is 3. The van der Waals surface area contributed by atoms with E-state index >= 15 is 0 Å². The number of rotatable bonds is 8. The summed E-state index contributed by atoms with van der Waals surface area (Å²) in [4.78, 5) is 22.6. The van der Waals surface area contributed by atoms with Crippen LogP contribution in [0.1, 0.15) is 17.5 Å². The number of benzene rings is 1. The van der Waals surface area contributed by atoms with Gasteiger partial charge in [-0.3, -0.25) is 9.78 Å². The van der Waals surface area contributed by atoms with Crippen molar-refractivity contribution in [1.82, 2.24) is 14.9 Å². The summed E-state index contributed by atoms with van der Waals surface area (Å²) in [5.74, 6) is 0. The molecule has 6 nitrogen and oxygen atoms in total. The molecule has 0 radical (unpaired) electrons. The van der Waals surface area contributed by atoms with E-state index in [2.05, 4.69) is 15.4 Å². The van der Waals surface area contributed by atoms with Crippen molar-refractivity contribution < 1.29 is 4.84 Å². The van der Waals surface area contributed by atoms with Gasteiger partial charge >= 0.3 is 5.56 Å². The number of aryl methyl sites for hydroxylation is 1. The first-order valence-corrected chi connectivity index (χ1v) is 8.68. The second kappa shape index (κ2) is 9.01. The van der Waals surface area contributed by atoms with E-state index in [-0.39, 0.29) is 5.56 Å². The van der Waals surface area contributed by atoms with Crippen LogP contribution in [0.5, 0.6) is 0 Å². The summed E-state index contributed by atoms with van der Waals surface area (Å²) >= 11 is 5.86. The third kappa shape index (κ3) is 5.32. The summed E-state index contributed by atoms with van der Waals surface area (Å²) in [6.07, 6.45) is 6.67. The van der Waals surface area contributed by atoms with Gasteiger partial charge in [0.25, 0.3) is 0 Å². The summed E-state index contributed by atoms with van der Waals surface area (Å²) in [5.41, 5.74) is 2.52. The number of pyridine rings is 1. The van der Waals surface area contributed by atoms with Crippen LogP contribution in [0.15, 0.2) is 65.8 Å². The molecular formula is C19H19ClN4O2. The van der Waals surface area contributed by atoms with Crippen LogP contribution in [0.25, 0.3) is 0 Å². The van der Waals surface area contributed by atoms with Gasteiger partial charge < -0.3 is 10.2 Å². The van der Waals surface area contributed by atoms with Crippen molar-refractivity contribution in [3.05, 3.63) is 87.6 Å². The Morgan fingerprint density at radius 3 is 2.69 bits per heavy atom. The molecule has 134 valence electrons. The van der Waals surface area contributed by atoms with Crippen LogP contribution < -0.4 is 15.7 Å². The molecule has 3 rings (SSSR count). The van der Waals surface area contributed by atoms with Gasteiger partial charge in [-0.1, -0.05) is 34.6 Å². The monoisotopic (exact) mass is 370 g/mol. The molecule has 26 heavy (non-hydrogen) atoms. The molecule has 0 amide bonds. The van der Waals surface area contributed by atoms with Crippen LogP contribution in [0.4, 0.5) is 5.69 Å². The van der Waals surface area contributed by atoms with E-state index < -0.39 is 0 Å². The maximum absolute atomic E-state index is 12.1. The topological polar surface area (TPSA) is 69.0 Å². The Morgan fingerprint density at radius 1 is 1.12 bits per heavy atom. The molecule has 1 aromatic carbocycles. The number of aromatic nitrogens is 3. The predicted octanol–water partition coefficient (Wildman–Crippen LogP) is 2.97. The fraction of sp³-hybridized carbons (Fsp3) is 0.211. The van der Waals surface area contributed by atoms with Gasteiger partial charge in [-0.05, 0) is 42.2 Å². The standard InChI is InChI=1S/C19H19ClN4O2/c20-17-7-5-15(6-8-17)4-2-10-26-24-19(25)11-18(14-23-24)22-13-16-3-1-9-21-12-16/h1,3,5-9,11-12,14,22H,2,4,10,13H2. The molecule has 2 heterocycles. The van der Waals surface area contributed by atoms with E-state index in [1.54, 1.807) is 18.6 Å². The molecule has 0 saturated heterocycles. The zero-order valence-corrected chi connectivity index (χ0v) is 14.9. The fourth-order valence-electron chi connectivity index (χ4n) is 2.38. The number of hydrogen-bond acceptors (Lipinski definition) is 5. The Kier molecular flexibility index (Phi) is 6.22. The summed E-state index contributed by atoms with van der Waals surface area (Å²) in [5, 5.41) is 7.89. The normalized spacial score (nSPS) is 10.5. The van der Waals surface area contributed by atoms with Crippen molar-refractivity contribution in [3.8, 4) is 0 Å². The van der Waals surface area contributed by atoms with Crippen LogP contribution in [-0.4, -0.2) is 21.5 Å². The van der Waals surface area contributed by atoms with E-state index in [4.69, 9.17) is 16.4 Å². The quantitative estimate of drug-likeness (QED) is 0.617. The molecule has 0 fully saturated rings. The molecule has 0 aliphatic rings. The van der Waals surface area contributed by atoms with Crippen LogP contribution >= 0.6 is 11.6 Å². The van der Waals surface area contributed by atoms with E-state index in [0.717, 1.165) is 28.3 Å². The second-order valence-electron chi connectivity index (χ2n) is 5.73. The maximum atomic E-state index is 12.1. The van der Waals surface area contributed by atoms with Gasteiger partial charge in [-0.2, -0.15) is 0 Å². The molecular weight excluding hydrogens is 352 g/mol. The van der Waals surface area contributed by atoms with Gasteiger partial charge in [0.05, 0.1) is 11.9 Å². The van der Waals surface area contributed by atoms with E-state index in [0.29, 0.717) is 18.8 Å². The molecule has 0 saturated carbocycles. The van der Waals surface area contributed by atoms with Crippen molar-refractivity contribution in [2.45, 2.75) is 19.4 Å². The highest BCUT2D eigenvalue weighted by molar-refractivity contribution is 6.30. The molecule has 0 spiro atoms. The molecule has 0 atom stereocenters. The highest BCUT2D eigenvalue weighted by Gasteiger charge is 2.02. The Hall–Kier alpha value is -2.86. The molecule has 1 N–H and O–H groups in total. The van der Waals surface area contributed by atoms with E-state index in [9.17, 15) is 4.79 Å². The lowest BCUT2D eigenvalue weighted by atomic mass is 10.1. The molecule has 0 aliphatic heterocycles. The Balaban J connectivity index is 1.46. The SMILES string of the molecule is O=c1cc(NCc2cccnc2)cnn1OCCCc1ccc(Cl)cc1. The van der Waals surface area contributed by atoms with Gasteiger partial charge in [0.15, 0.2) is 0 Å². The summed E-state index contributed by atoms with van der Waals surface area (Å²) in [6, 6.07) is 13.0. The second-order valence-corrected chi connectivity index (χ2v) is 6.17. The molecule has 7 heteroatoms. The van der Waals surface area contributed by atoms with Crippen molar-refractivity contribution >= 4 is 17.3 Å². The third-order valence-electron chi connectivity index (χ3n) is 3.73. The zero-order valence-electron chi connectivity index (χ0n) is 14.1. The first-order valence-electron chi connectivity index (χ1n) is 8.30. The van der Waals surface area contributed by atoms with Gasteiger partial charge in [0.1, 0.15) is 6.61 Å². The average Bonchev–Trinajstić information content (AvgIpc) is 2.67. The van der Waals surface area contributed by atoms with Gasteiger partial charge in [0, 0.05) is 30.0 Å². The highest BCUT2D eigenvalue weighted by Crippen LogP contribution is 2.10. The van der Waals surface area contributed by atoms with E-state index in [1.165, 1.54) is 11.6 Å². The first kappa shape index (κ1) is 17.9. The molecule has 0 aliphatic carbocycles. The largest absolute Gasteiger partial charge is 0.394 e. The van der Waals surface area contributed by atoms with Gasteiger partial charge in [0.2, 0.25) is 0 Å². The summed E-state index contributed by atoms with van der Waals surface area (Å²) in [7, 11) is 0. The van der Waals surface area contributed by atoms with Gasteiger partial charge in [-0.15, -0.1) is 5.10 Å². The third-order valence-corrected chi connectivity index (χ3v) is 3.98. The van der Waals surface area contributed by atoms with E-state index in [1.807, 2.05) is 36.4 Å². The Labute approximate surface area is 156 Å². The summed E-state index contributed by atoms with van der Waals surface area (Å²) < 4.78 is 0. The smallest absolute Gasteiger partial charge is 0.305 e. The van der Waals surface area contributed by atoms with Crippen LogP contribution in [0.2, 0.25) is 5.02 Å². The lowest BCUT2D eigenvalue weighted by Crippen LogP contribution is -2.29. The number of anilines is 1. The lowest BCUT2D eigenvalue weighted by Gasteiger charge is -2.09. The van der Waals surface area contributed by atoms with Crippen molar-refractivity contribution in [3.63, 3.8) is 0 Å². The van der Waals surface area contributed by atoms with Crippen LogP contribution in [-0.2, 0) is 13.0 Å². The average molecular weight is 371 g/mol. The zero-order chi connectivity index (χ0) is 18.2. The number of halogens is 1. The number of hydrogen-bond donors (Lipinski definition) is 1. The minimum Gasteiger partial charge on any atom is -0.394 e. The van der Waals surface area contributed by atoms with Crippen LogP contribution in [0, 0.1) is 0 Å². The lowest BCUT2D eigenvalue weighted by molar-refractivity contribution is 0.0702. The number of nitrogens with one attached hydrogen (secondary N) is 1. The fourth-order valence-corrected chi connectivity index (χ4v) is 2.50. The predicted molar refractivity (Wildman–Crippen MR) is 101 cm³/mol. The Bertz CT molecular complexity index is 882. The molecule has 0 bridgehead atoms. The highest BCUT2D eigenvalue weighted by atomic mass is 35.5. The van der Waals surface area contributed by atoms with Crippen molar-refractivity contribution in [2.75, 3.05) is 11.9 Å². The van der Waals surface area contributed by atoms with Gasteiger partial charge in [-0.25, -0.2) is 0 Å². The minimum atomic E-state index is -0.312. The molecule has 2 aromatic heterocycles. The summed E-state index contributed by atoms with van der Waals surface area (Å²) in [6.45, 7) is 0.971. The molecule has 3 aromatic rings. The van der Waals surface area contributed by atoms with Crippen LogP contribution in [0.3, 0.4) is 0 Å². The van der Waals surface area contributed by atoms with Crippen molar-refractivity contribution in [1.29, 1.82) is 0 Å².